The van der Waals surface area contributed by atoms with Crippen molar-refractivity contribution < 1.29 is 42.6 Å². The molecular weight excluding hydrogens is 253 g/mol. The van der Waals surface area contributed by atoms with Gasteiger partial charge in [0.1, 0.15) is 5.75 Å². The van der Waals surface area contributed by atoms with Crippen LogP contribution in [0, 0.1) is 0 Å². The number of phenolic OH excluding ortho intramolecular Hbond substituents is 1. The second-order valence-electron chi connectivity index (χ2n) is 1.83. The Morgan fingerprint density at radius 2 is 1.57 bits per heavy atom. The van der Waals surface area contributed by atoms with Gasteiger partial charge in [0.25, 0.3) is 0 Å². The van der Waals surface area contributed by atoms with Gasteiger partial charge < -0.3 is 9.90 Å². The average Bonchev–Trinajstić information content (AvgIpc) is 2.22. The molecule has 0 aliphatic rings. The Bertz CT molecular complexity index is 188. The van der Waals surface area contributed by atoms with Gasteiger partial charge in [-0.25, -0.2) is 0 Å². The molecule has 1 N–H and O–H groups in total. The van der Waals surface area contributed by atoms with Gasteiger partial charge in [0.2, 0.25) is 0 Å². The smallest absolute Gasteiger partial charge is 0.115 e. The van der Waals surface area contributed by atoms with Crippen molar-refractivity contribution in [2.45, 2.75) is 27.2 Å². The van der Waals surface area contributed by atoms with Gasteiger partial charge in [0, 0.05) is 32.7 Å². The van der Waals surface area contributed by atoms with E-state index in [9.17, 15) is 0 Å². The Balaban J connectivity index is -0.000000152. The van der Waals surface area contributed by atoms with Crippen LogP contribution in [0.1, 0.15) is 27.2 Å². The molecule has 0 spiro atoms. The average molecular weight is 270 g/mol. The van der Waals surface area contributed by atoms with E-state index in [1.165, 1.54) is 0 Å². The summed E-state index contributed by atoms with van der Waals surface area (Å²) < 4.78 is 0. The summed E-state index contributed by atoms with van der Waals surface area (Å²) in [5.74, 6) is 0.322. The van der Waals surface area contributed by atoms with E-state index in [1.54, 1.807) is 37.5 Å². The van der Waals surface area contributed by atoms with E-state index in [-0.39, 0.29) is 32.7 Å². The molecule has 0 saturated carbocycles. The van der Waals surface area contributed by atoms with Crippen LogP contribution >= 0.6 is 0 Å². The van der Waals surface area contributed by atoms with Gasteiger partial charge in [0.15, 0.2) is 0 Å². The summed E-state index contributed by atoms with van der Waals surface area (Å²) in [6, 6.07) is 8.71. The summed E-state index contributed by atoms with van der Waals surface area (Å²) in [7, 11) is 0. The van der Waals surface area contributed by atoms with Crippen LogP contribution in [0.15, 0.2) is 30.3 Å². The predicted molar refractivity (Wildman–Crippen MR) is 55.4 cm³/mol. The molecular formula is C11H17O2Y-. The molecule has 0 aliphatic heterocycles. The Hall–Kier alpha value is -0.206. The second-order valence-corrected chi connectivity index (χ2v) is 1.83. The van der Waals surface area contributed by atoms with E-state index >= 15 is 0 Å². The Labute approximate surface area is 112 Å². The van der Waals surface area contributed by atoms with Gasteiger partial charge in [-0.15, -0.1) is 0 Å². The molecule has 1 radical (unpaired) electrons. The van der Waals surface area contributed by atoms with Crippen molar-refractivity contribution in [3.05, 3.63) is 30.3 Å². The van der Waals surface area contributed by atoms with E-state index in [0.717, 1.165) is 0 Å². The maximum absolute atomic E-state index is 9.05. The van der Waals surface area contributed by atoms with E-state index in [0.29, 0.717) is 12.2 Å². The number of carbonyl (C=O) groups excluding carboxylic acids is 1. The first-order chi connectivity index (χ1) is 6.31. The molecule has 0 aromatic heterocycles. The van der Waals surface area contributed by atoms with Crippen molar-refractivity contribution >= 4 is 6.29 Å². The summed E-state index contributed by atoms with van der Waals surface area (Å²) in [6.07, 6.45) is 2.19. The van der Waals surface area contributed by atoms with Gasteiger partial charge >= 0.3 is 0 Å². The maximum Gasteiger partial charge on any atom is 0.115 e. The number of hydrogen-bond donors (Lipinski definition) is 1. The van der Waals surface area contributed by atoms with Gasteiger partial charge in [-0.1, -0.05) is 39.0 Å². The zero-order chi connectivity index (χ0) is 10.5. The minimum Gasteiger partial charge on any atom is -0.542 e. The Kier molecular flexibility index (Phi) is 25.7. The van der Waals surface area contributed by atoms with Gasteiger partial charge in [-0.3, -0.25) is 6.29 Å². The monoisotopic (exact) mass is 270 g/mol. The summed E-state index contributed by atoms with van der Waals surface area (Å²) in [5, 5.41) is 8.63. The molecule has 0 amide bonds. The van der Waals surface area contributed by atoms with Crippen LogP contribution in [-0.4, -0.2) is 11.4 Å². The Morgan fingerprint density at radius 3 is 1.71 bits per heavy atom. The second kappa shape index (κ2) is 18.6. The molecule has 0 bridgehead atoms. The molecule has 0 saturated heterocycles. The number of phenols is 1. The number of rotatable bonds is 1. The third kappa shape index (κ3) is 17.8. The largest absolute Gasteiger partial charge is 0.542 e. The molecule has 1 aromatic rings. The third-order valence-corrected chi connectivity index (χ3v) is 0.901. The minimum absolute atomic E-state index is 0. The van der Waals surface area contributed by atoms with Crippen LogP contribution in [0.5, 0.6) is 5.75 Å². The molecule has 0 heterocycles. The third-order valence-electron chi connectivity index (χ3n) is 0.901. The molecule has 0 unspecified atom stereocenters. The summed E-state index contributed by atoms with van der Waals surface area (Å²) in [6.45, 7) is 5.76. The fraction of sp³-hybridized carbons (Fsp3) is 0.364. The van der Waals surface area contributed by atoms with Crippen molar-refractivity contribution in [3.63, 3.8) is 0 Å². The maximum atomic E-state index is 9.05. The van der Waals surface area contributed by atoms with Crippen LogP contribution in [0.3, 0.4) is 0 Å². The van der Waals surface area contributed by atoms with Crippen LogP contribution < -0.4 is 0 Å². The van der Waals surface area contributed by atoms with Crippen molar-refractivity contribution in [2.24, 2.45) is 0 Å². The van der Waals surface area contributed by atoms with Crippen molar-refractivity contribution in [1.29, 1.82) is 0 Å². The van der Waals surface area contributed by atoms with Crippen molar-refractivity contribution in [3.8, 4) is 5.75 Å². The molecule has 77 valence electrons. The number of aromatic hydroxyl groups is 1. The van der Waals surface area contributed by atoms with Gasteiger partial charge in [-0.05, 0) is 12.1 Å². The normalized spacial score (nSPS) is 6.50. The minimum atomic E-state index is 0. The number of para-hydroxylation sites is 1. The SMILES string of the molecule is CC.CC[C-]=O.Oc1ccccc1.[Y]. The Morgan fingerprint density at radius 1 is 1.21 bits per heavy atom. The number of benzene rings is 1. The quantitative estimate of drug-likeness (QED) is 0.797. The molecule has 1 aromatic carbocycles. The zero-order valence-electron chi connectivity index (χ0n) is 9.03. The van der Waals surface area contributed by atoms with Gasteiger partial charge in [0.05, 0.1) is 0 Å². The summed E-state index contributed by atoms with van der Waals surface area (Å²) in [4.78, 5) is 9.05. The van der Waals surface area contributed by atoms with E-state index in [4.69, 9.17) is 9.90 Å². The molecule has 2 nitrogen and oxygen atoms in total. The number of hydrogen-bond acceptors (Lipinski definition) is 2. The van der Waals surface area contributed by atoms with Crippen LogP contribution in [0.4, 0.5) is 0 Å². The van der Waals surface area contributed by atoms with Crippen LogP contribution in [-0.2, 0) is 37.5 Å². The predicted octanol–water partition coefficient (Wildman–Crippen LogP) is 2.92. The molecule has 0 aliphatic carbocycles. The topological polar surface area (TPSA) is 37.3 Å². The standard InChI is InChI=1S/C6H6O.C3H5O.C2H6.Y/c7-6-4-2-1-3-5-6;1-2-3-4;1-2;/h1-5,7H;2H2,1H3;1-2H3;/q;-1;;. The first-order valence-corrected chi connectivity index (χ1v) is 4.40. The van der Waals surface area contributed by atoms with E-state index in [1.807, 2.05) is 19.9 Å². The van der Waals surface area contributed by atoms with E-state index < -0.39 is 0 Å². The van der Waals surface area contributed by atoms with Crippen LogP contribution in [0.2, 0.25) is 0 Å². The summed E-state index contributed by atoms with van der Waals surface area (Å²) >= 11 is 0. The molecule has 1 rings (SSSR count). The molecule has 0 fully saturated rings. The summed E-state index contributed by atoms with van der Waals surface area (Å²) in [5.41, 5.74) is 0. The zero-order valence-corrected chi connectivity index (χ0v) is 11.9. The fourth-order valence-corrected chi connectivity index (χ4v) is 0.428. The molecule has 3 heteroatoms. The van der Waals surface area contributed by atoms with Crippen LogP contribution in [0.25, 0.3) is 0 Å². The molecule has 0 atom stereocenters. The van der Waals surface area contributed by atoms with Gasteiger partial charge in [-0.2, -0.15) is 6.42 Å². The molecule has 14 heavy (non-hydrogen) atoms. The van der Waals surface area contributed by atoms with Crippen molar-refractivity contribution in [1.82, 2.24) is 0 Å². The first-order valence-electron chi connectivity index (χ1n) is 4.40. The fourth-order valence-electron chi connectivity index (χ4n) is 0.428. The van der Waals surface area contributed by atoms with E-state index in [2.05, 4.69) is 0 Å². The van der Waals surface area contributed by atoms with Crippen molar-refractivity contribution in [2.75, 3.05) is 0 Å². The first kappa shape index (κ1) is 19.4.